The van der Waals surface area contributed by atoms with Crippen LogP contribution >= 0.6 is 0 Å². The summed E-state index contributed by atoms with van der Waals surface area (Å²) in [7, 11) is -1.11. The molecule has 0 aliphatic carbocycles. The Bertz CT molecular complexity index is 554. The molecule has 0 saturated heterocycles. The molecule has 2 rings (SSSR count). The predicted octanol–water partition coefficient (Wildman–Crippen LogP) is 1.74. The van der Waals surface area contributed by atoms with Gasteiger partial charge in [-0.1, -0.05) is 13.0 Å². The molecule has 19 heavy (non-hydrogen) atoms. The first-order chi connectivity index (χ1) is 8.90. The Morgan fingerprint density at radius 3 is 2.79 bits per heavy atom. The Morgan fingerprint density at radius 2 is 2.16 bits per heavy atom. The second-order valence-electron chi connectivity index (χ2n) is 5.18. The van der Waals surface area contributed by atoms with Crippen LogP contribution in [0.1, 0.15) is 18.9 Å². The number of benzene rings is 1. The van der Waals surface area contributed by atoms with Crippen LogP contribution in [-0.4, -0.2) is 45.8 Å². The minimum atomic E-state index is -3.17. The summed E-state index contributed by atoms with van der Waals surface area (Å²) in [4.78, 5) is 2.53. The molecule has 1 atom stereocenters. The minimum Gasteiger partial charge on any atom is -0.489 e. The summed E-state index contributed by atoms with van der Waals surface area (Å²) in [5.41, 5.74) is 1.10. The van der Waals surface area contributed by atoms with Crippen LogP contribution in [0, 0.1) is 0 Å². The first-order valence-corrected chi connectivity index (χ1v) is 8.47. The summed E-state index contributed by atoms with van der Waals surface area (Å²) in [6.07, 6.45) is 3.30. The fourth-order valence-electron chi connectivity index (χ4n) is 2.24. The summed E-state index contributed by atoms with van der Waals surface area (Å²) < 4.78 is 29.1. The number of fused-ring (bicyclic) bond motifs is 1. The van der Waals surface area contributed by atoms with Gasteiger partial charge in [0.15, 0.2) is 9.84 Å². The molecular formula is C14H21NO3S. The Hall–Kier alpha value is -1.07. The summed E-state index contributed by atoms with van der Waals surface area (Å²) in [5, 5.41) is 0. The van der Waals surface area contributed by atoms with Gasteiger partial charge in [-0.2, -0.15) is 0 Å². The predicted molar refractivity (Wildman–Crippen MR) is 75.5 cm³/mol. The van der Waals surface area contributed by atoms with Gasteiger partial charge in [0.25, 0.3) is 0 Å². The lowest BCUT2D eigenvalue weighted by Crippen LogP contribution is -2.35. The van der Waals surface area contributed by atoms with Crippen molar-refractivity contribution in [2.45, 2.75) is 30.8 Å². The SMILES string of the molecule is CCN(C)C[C@@H]1CCc2ccc(S(C)(=O)=O)cc2O1. The van der Waals surface area contributed by atoms with Gasteiger partial charge in [-0.3, -0.25) is 0 Å². The zero-order valence-corrected chi connectivity index (χ0v) is 12.5. The number of nitrogens with zero attached hydrogens (tertiary/aromatic N) is 1. The fraction of sp³-hybridized carbons (Fsp3) is 0.571. The molecule has 1 aromatic carbocycles. The second-order valence-corrected chi connectivity index (χ2v) is 7.19. The van der Waals surface area contributed by atoms with E-state index in [1.165, 1.54) is 6.26 Å². The highest BCUT2D eigenvalue weighted by Crippen LogP contribution is 2.30. The van der Waals surface area contributed by atoms with Crippen LogP contribution in [0.15, 0.2) is 23.1 Å². The average Bonchev–Trinajstić information content (AvgIpc) is 2.36. The van der Waals surface area contributed by atoms with Crippen LogP contribution in [-0.2, 0) is 16.3 Å². The van der Waals surface area contributed by atoms with Gasteiger partial charge in [-0.05, 0) is 44.1 Å². The van der Waals surface area contributed by atoms with Crippen molar-refractivity contribution in [1.82, 2.24) is 4.90 Å². The molecule has 1 aliphatic heterocycles. The number of aryl methyl sites for hydroxylation is 1. The fourth-order valence-corrected chi connectivity index (χ4v) is 2.88. The number of likely N-dealkylation sites (N-methyl/N-ethyl adjacent to an activating group) is 1. The van der Waals surface area contributed by atoms with Crippen molar-refractivity contribution in [3.8, 4) is 5.75 Å². The molecule has 4 nitrogen and oxygen atoms in total. The van der Waals surface area contributed by atoms with E-state index in [1.807, 2.05) is 6.07 Å². The maximum atomic E-state index is 11.6. The van der Waals surface area contributed by atoms with E-state index in [1.54, 1.807) is 12.1 Å². The van der Waals surface area contributed by atoms with Crippen LogP contribution < -0.4 is 4.74 Å². The molecular weight excluding hydrogens is 262 g/mol. The van der Waals surface area contributed by atoms with Crippen LogP contribution in [0.5, 0.6) is 5.75 Å². The highest BCUT2D eigenvalue weighted by molar-refractivity contribution is 7.90. The minimum absolute atomic E-state index is 0.146. The average molecular weight is 283 g/mol. The van der Waals surface area contributed by atoms with Crippen molar-refractivity contribution in [2.75, 3.05) is 26.4 Å². The molecule has 0 bridgehead atoms. The topological polar surface area (TPSA) is 46.6 Å². The third-order valence-electron chi connectivity index (χ3n) is 3.55. The molecule has 0 unspecified atom stereocenters. The summed E-state index contributed by atoms with van der Waals surface area (Å²) in [5.74, 6) is 0.726. The van der Waals surface area contributed by atoms with Crippen molar-refractivity contribution >= 4 is 9.84 Å². The lowest BCUT2D eigenvalue weighted by Gasteiger charge is -2.29. The van der Waals surface area contributed by atoms with Gasteiger partial charge in [0.05, 0.1) is 4.90 Å². The van der Waals surface area contributed by atoms with E-state index >= 15 is 0 Å². The quantitative estimate of drug-likeness (QED) is 0.844. The van der Waals surface area contributed by atoms with Gasteiger partial charge in [0, 0.05) is 12.8 Å². The van der Waals surface area contributed by atoms with Gasteiger partial charge < -0.3 is 9.64 Å². The van der Waals surface area contributed by atoms with Gasteiger partial charge in [0.1, 0.15) is 11.9 Å². The van der Waals surface area contributed by atoms with Crippen LogP contribution in [0.4, 0.5) is 0 Å². The highest BCUT2D eigenvalue weighted by atomic mass is 32.2. The number of sulfone groups is 1. The largest absolute Gasteiger partial charge is 0.489 e. The zero-order valence-electron chi connectivity index (χ0n) is 11.7. The molecule has 0 spiro atoms. The molecule has 1 aromatic rings. The lowest BCUT2D eigenvalue weighted by molar-refractivity contribution is 0.129. The second kappa shape index (κ2) is 5.51. The van der Waals surface area contributed by atoms with Crippen molar-refractivity contribution in [3.05, 3.63) is 23.8 Å². The van der Waals surface area contributed by atoms with E-state index in [0.717, 1.165) is 37.2 Å². The molecule has 5 heteroatoms. The molecule has 0 radical (unpaired) electrons. The van der Waals surface area contributed by atoms with Gasteiger partial charge >= 0.3 is 0 Å². The smallest absolute Gasteiger partial charge is 0.175 e. The monoisotopic (exact) mass is 283 g/mol. The first kappa shape index (κ1) is 14.3. The number of rotatable bonds is 4. The Labute approximate surface area is 115 Å². The molecule has 0 amide bonds. The molecule has 0 fully saturated rings. The van der Waals surface area contributed by atoms with E-state index < -0.39 is 9.84 Å². The molecule has 1 heterocycles. The maximum Gasteiger partial charge on any atom is 0.175 e. The van der Waals surface area contributed by atoms with E-state index in [2.05, 4.69) is 18.9 Å². The summed E-state index contributed by atoms with van der Waals surface area (Å²) in [6, 6.07) is 5.18. The van der Waals surface area contributed by atoms with Crippen LogP contribution in [0.3, 0.4) is 0 Å². The third kappa shape index (κ3) is 3.48. The standard InChI is InChI=1S/C14H21NO3S/c1-4-15(2)10-12-7-5-11-6-8-13(19(3,16)17)9-14(11)18-12/h6,8-9,12H,4-5,7,10H2,1-3H3/t12-/m0/s1. The lowest BCUT2D eigenvalue weighted by atomic mass is 10.0. The molecule has 0 aromatic heterocycles. The van der Waals surface area contributed by atoms with Crippen molar-refractivity contribution in [2.24, 2.45) is 0 Å². The van der Waals surface area contributed by atoms with E-state index in [-0.39, 0.29) is 6.10 Å². The highest BCUT2D eigenvalue weighted by Gasteiger charge is 2.22. The Balaban J connectivity index is 2.19. The van der Waals surface area contributed by atoms with Gasteiger partial charge in [-0.15, -0.1) is 0 Å². The zero-order chi connectivity index (χ0) is 14.0. The normalized spacial score (nSPS) is 19.1. The van der Waals surface area contributed by atoms with Gasteiger partial charge in [-0.25, -0.2) is 8.42 Å². The van der Waals surface area contributed by atoms with Crippen molar-refractivity contribution < 1.29 is 13.2 Å². The maximum absolute atomic E-state index is 11.6. The van der Waals surface area contributed by atoms with Gasteiger partial charge in [0.2, 0.25) is 0 Å². The number of hydrogen-bond acceptors (Lipinski definition) is 4. The van der Waals surface area contributed by atoms with E-state index in [9.17, 15) is 8.42 Å². The Morgan fingerprint density at radius 1 is 1.42 bits per heavy atom. The first-order valence-electron chi connectivity index (χ1n) is 6.58. The summed E-state index contributed by atoms with van der Waals surface area (Å²) in [6.45, 7) is 3.97. The Kier molecular flexibility index (Phi) is 4.16. The van der Waals surface area contributed by atoms with E-state index in [0.29, 0.717) is 4.90 Å². The molecule has 0 N–H and O–H groups in total. The molecule has 1 aliphatic rings. The molecule has 106 valence electrons. The van der Waals surface area contributed by atoms with E-state index in [4.69, 9.17) is 4.74 Å². The number of hydrogen-bond donors (Lipinski definition) is 0. The van der Waals surface area contributed by atoms with Crippen LogP contribution in [0.25, 0.3) is 0 Å². The van der Waals surface area contributed by atoms with Crippen molar-refractivity contribution in [3.63, 3.8) is 0 Å². The number of ether oxygens (including phenoxy) is 1. The van der Waals surface area contributed by atoms with Crippen LogP contribution in [0.2, 0.25) is 0 Å². The summed E-state index contributed by atoms with van der Waals surface area (Å²) >= 11 is 0. The van der Waals surface area contributed by atoms with Crippen molar-refractivity contribution in [1.29, 1.82) is 0 Å². The third-order valence-corrected chi connectivity index (χ3v) is 4.66. The molecule has 0 saturated carbocycles.